The standard InChI is InChI=1S/C59H73Cl2N3O5Si/c1-58(2,3)70(6,7)68-37-36-54(62)57(67)64(5)48(38-41-26-33-47(60)34-27-41)40-63(4)56(66)51(50-35-30-44-20-14-15-23-49(44)50)39-55(65)69-59(45-21-12-9-13-22-45,52-24-16-17-25-53(52)61)46-31-28-43(29-32-46)42-18-10-8-11-19-42/h9,12-17,20-29,31-34,42,48,50-51,54H,8,10-11,18-19,30,35-40,62H2,1-7H3/t48?,50-,51+,54+,59?/m1/s1. The van der Waals surface area contributed by atoms with Gasteiger partial charge < -0.3 is 24.7 Å². The number of carbonyl (C=O) groups is 3. The number of esters is 1. The van der Waals surface area contributed by atoms with E-state index in [0.29, 0.717) is 47.4 Å². The highest BCUT2D eigenvalue weighted by atomic mass is 35.5. The molecule has 0 aromatic heterocycles. The first-order chi connectivity index (χ1) is 33.4. The van der Waals surface area contributed by atoms with E-state index in [0.717, 1.165) is 41.5 Å². The van der Waals surface area contributed by atoms with Gasteiger partial charge in [-0.1, -0.05) is 172 Å². The van der Waals surface area contributed by atoms with Crippen LogP contribution >= 0.6 is 23.2 Å². The molecular weight excluding hydrogens is 930 g/mol. The molecule has 372 valence electrons. The molecule has 0 heterocycles. The summed E-state index contributed by atoms with van der Waals surface area (Å²) >= 11 is 13.5. The number of likely N-dealkylation sites (N-methyl/N-ethyl adjacent to an activating group) is 2. The average Bonchev–Trinajstić information content (AvgIpc) is 3.79. The minimum Gasteiger partial charge on any atom is -0.444 e. The van der Waals surface area contributed by atoms with Crippen LogP contribution < -0.4 is 5.73 Å². The lowest BCUT2D eigenvalue weighted by atomic mass is 9.78. The largest absolute Gasteiger partial charge is 0.444 e. The van der Waals surface area contributed by atoms with Gasteiger partial charge >= 0.3 is 5.97 Å². The Morgan fingerprint density at radius 1 is 0.757 bits per heavy atom. The first kappa shape index (κ1) is 53.0. The molecular formula is C59H73Cl2N3O5Si. The van der Waals surface area contributed by atoms with Crippen molar-refractivity contribution < 1.29 is 23.5 Å². The Balaban J connectivity index is 1.21. The Morgan fingerprint density at radius 2 is 1.39 bits per heavy atom. The number of hydrogen-bond donors (Lipinski definition) is 1. The third kappa shape index (κ3) is 12.3. The van der Waals surface area contributed by atoms with Gasteiger partial charge in [0.1, 0.15) is 0 Å². The molecule has 0 bridgehead atoms. The summed E-state index contributed by atoms with van der Waals surface area (Å²) in [5.74, 6) is -1.49. The predicted molar refractivity (Wildman–Crippen MR) is 287 cm³/mol. The fraction of sp³-hybridized carbons (Fsp3) is 0.441. The van der Waals surface area contributed by atoms with Crippen molar-refractivity contribution in [3.05, 3.63) is 176 Å². The van der Waals surface area contributed by atoms with E-state index in [1.165, 1.54) is 30.4 Å². The van der Waals surface area contributed by atoms with Crippen molar-refractivity contribution in [2.24, 2.45) is 11.7 Å². The second-order valence-corrected chi connectivity index (χ2v) is 26.9. The number of aryl methyl sites for hydroxylation is 1. The van der Waals surface area contributed by atoms with Gasteiger partial charge in [-0.3, -0.25) is 14.4 Å². The van der Waals surface area contributed by atoms with Crippen LogP contribution in [0.2, 0.25) is 28.2 Å². The maximum atomic E-state index is 15.4. The van der Waals surface area contributed by atoms with Crippen molar-refractivity contribution in [2.45, 2.75) is 133 Å². The maximum Gasteiger partial charge on any atom is 0.308 e. The molecule has 2 N–H and O–H groups in total. The summed E-state index contributed by atoms with van der Waals surface area (Å²) < 4.78 is 13.4. The van der Waals surface area contributed by atoms with E-state index in [2.05, 4.69) is 70.3 Å². The van der Waals surface area contributed by atoms with Crippen LogP contribution in [0.1, 0.15) is 123 Å². The lowest BCUT2D eigenvalue weighted by Gasteiger charge is -2.38. The van der Waals surface area contributed by atoms with Crippen molar-refractivity contribution in [2.75, 3.05) is 27.2 Å². The minimum absolute atomic E-state index is 0.0226. The fourth-order valence-electron chi connectivity index (χ4n) is 10.4. The van der Waals surface area contributed by atoms with Crippen molar-refractivity contribution in [3.8, 4) is 0 Å². The molecule has 1 fully saturated rings. The fourth-order valence-corrected chi connectivity index (χ4v) is 11.9. The van der Waals surface area contributed by atoms with Crippen molar-refractivity contribution >= 4 is 49.3 Å². The second kappa shape index (κ2) is 23.2. The summed E-state index contributed by atoms with van der Waals surface area (Å²) in [6.07, 6.45) is 8.14. The Kier molecular flexibility index (Phi) is 17.6. The second-order valence-electron chi connectivity index (χ2n) is 21.3. The van der Waals surface area contributed by atoms with Crippen LogP contribution in [0.25, 0.3) is 0 Å². The molecule has 2 aliphatic rings. The van der Waals surface area contributed by atoms with Crippen LogP contribution in [-0.4, -0.2) is 75.2 Å². The number of nitrogens with zero attached hydrogens (tertiary/aromatic N) is 2. The van der Waals surface area contributed by atoms with E-state index in [4.69, 9.17) is 38.1 Å². The Morgan fingerprint density at radius 3 is 2.06 bits per heavy atom. The van der Waals surface area contributed by atoms with Crippen molar-refractivity contribution in [1.29, 1.82) is 0 Å². The summed E-state index contributed by atoms with van der Waals surface area (Å²) in [4.78, 5) is 48.3. The van der Waals surface area contributed by atoms with E-state index in [1.54, 1.807) is 23.9 Å². The van der Waals surface area contributed by atoms with E-state index >= 15 is 9.59 Å². The molecule has 5 aromatic carbocycles. The SMILES string of the molecule is CN(CC(Cc1ccc(Cl)cc1)N(C)C(=O)[C@@H](N)CCO[Si](C)(C)C(C)(C)C)C(=O)[C@@H](CC(=O)OC(c1ccccc1)(c1ccc(C2CCCCC2)cc1)c1ccccc1Cl)[C@@H]1CCc2ccccc21. The molecule has 2 aliphatic carbocycles. The number of rotatable bonds is 19. The molecule has 5 atom stereocenters. The van der Waals surface area contributed by atoms with E-state index in [-0.39, 0.29) is 35.7 Å². The van der Waals surface area contributed by atoms with Gasteiger partial charge in [0.2, 0.25) is 11.8 Å². The number of carbonyl (C=O) groups excluding carboxylic acids is 3. The van der Waals surface area contributed by atoms with Gasteiger partial charge in [0.15, 0.2) is 13.9 Å². The number of benzene rings is 5. The Hall–Kier alpha value is -4.77. The smallest absolute Gasteiger partial charge is 0.308 e. The van der Waals surface area contributed by atoms with Gasteiger partial charge in [-0.15, -0.1) is 0 Å². The molecule has 11 heteroatoms. The lowest BCUT2D eigenvalue weighted by molar-refractivity contribution is -0.157. The molecule has 2 amide bonds. The summed E-state index contributed by atoms with van der Waals surface area (Å²) in [5, 5.41) is 1.09. The highest BCUT2D eigenvalue weighted by Crippen LogP contribution is 2.46. The molecule has 0 saturated heterocycles. The maximum absolute atomic E-state index is 15.4. The van der Waals surface area contributed by atoms with Crippen molar-refractivity contribution in [1.82, 2.24) is 9.80 Å². The van der Waals surface area contributed by atoms with Gasteiger partial charge in [0.25, 0.3) is 0 Å². The predicted octanol–water partition coefficient (Wildman–Crippen LogP) is 12.9. The van der Waals surface area contributed by atoms with Gasteiger partial charge in [-0.2, -0.15) is 0 Å². The molecule has 70 heavy (non-hydrogen) atoms. The monoisotopic (exact) mass is 1000 g/mol. The van der Waals surface area contributed by atoms with Crippen LogP contribution in [0.4, 0.5) is 0 Å². The van der Waals surface area contributed by atoms with Gasteiger partial charge in [0, 0.05) is 54.0 Å². The Bertz CT molecular complexity index is 2540. The third-order valence-corrected chi connectivity index (χ3v) is 20.7. The van der Waals surface area contributed by atoms with E-state index < -0.39 is 37.9 Å². The average molecular weight is 1000 g/mol. The zero-order valence-electron chi connectivity index (χ0n) is 42.3. The summed E-state index contributed by atoms with van der Waals surface area (Å²) in [5.41, 5.74) is 11.8. The molecule has 8 nitrogen and oxygen atoms in total. The normalized spacial score (nSPS) is 17.4. The van der Waals surface area contributed by atoms with Crippen molar-refractivity contribution in [3.63, 3.8) is 0 Å². The van der Waals surface area contributed by atoms with Crippen LogP contribution in [0, 0.1) is 5.92 Å². The molecule has 2 unspecified atom stereocenters. The van der Waals surface area contributed by atoms with Crippen LogP contribution in [0.3, 0.4) is 0 Å². The van der Waals surface area contributed by atoms with E-state index in [9.17, 15) is 4.79 Å². The molecule has 7 rings (SSSR count). The first-order valence-corrected chi connectivity index (χ1v) is 28.9. The molecule has 1 saturated carbocycles. The zero-order valence-corrected chi connectivity index (χ0v) is 44.8. The Labute approximate surface area is 428 Å². The van der Waals surface area contributed by atoms with Crippen LogP contribution in [-0.2, 0) is 42.0 Å². The minimum atomic E-state index is -2.05. The first-order valence-electron chi connectivity index (χ1n) is 25.3. The number of halogens is 2. The van der Waals surface area contributed by atoms with Crippen LogP contribution in [0.15, 0.2) is 127 Å². The summed E-state index contributed by atoms with van der Waals surface area (Å²) in [7, 11) is 1.48. The highest BCUT2D eigenvalue weighted by Gasteiger charge is 2.45. The molecule has 0 spiro atoms. The number of ether oxygens (including phenoxy) is 1. The quantitative estimate of drug-likeness (QED) is 0.0502. The summed E-state index contributed by atoms with van der Waals surface area (Å²) in [6.45, 7) is 11.5. The van der Waals surface area contributed by atoms with Gasteiger partial charge in [-0.25, -0.2) is 0 Å². The topological polar surface area (TPSA) is 102 Å². The highest BCUT2D eigenvalue weighted by molar-refractivity contribution is 6.74. The van der Waals surface area contributed by atoms with E-state index in [1.807, 2.05) is 91.0 Å². The lowest BCUT2D eigenvalue weighted by Crippen LogP contribution is -2.52. The van der Waals surface area contributed by atoms with Gasteiger partial charge in [0.05, 0.1) is 24.4 Å². The molecule has 5 aromatic rings. The number of nitrogens with two attached hydrogens (primary N) is 1. The number of amides is 2. The summed E-state index contributed by atoms with van der Waals surface area (Å²) in [6, 6.07) is 40.4. The number of fused-ring (bicyclic) bond motifs is 1. The third-order valence-electron chi connectivity index (χ3n) is 15.6. The molecule has 0 radical (unpaired) electrons. The van der Waals surface area contributed by atoms with Crippen LogP contribution in [0.5, 0.6) is 0 Å². The zero-order chi connectivity index (χ0) is 50.2. The molecule has 0 aliphatic heterocycles. The van der Waals surface area contributed by atoms with Gasteiger partial charge in [-0.05, 0) is 109 Å². The number of hydrogen-bond acceptors (Lipinski definition) is 6.